The molecule has 0 aliphatic carbocycles. The standard InChI is InChI=1S/C12H20N2O3/c1-5-12(6-2,9-13)11(16)14(4)8-10(15)17-7-3/h5-8H2,1-4H3. The van der Waals surface area contributed by atoms with Crippen LogP contribution in [0.3, 0.4) is 0 Å². The molecule has 5 heteroatoms. The summed E-state index contributed by atoms with van der Waals surface area (Å²) in [6, 6.07) is 2.06. The van der Waals surface area contributed by atoms with Gasteiger partial charge in [-0.05, 0) is 19.8 Å². The molecule has 0 bridgehead atoms. The second-order valence-corrected chi connectivity index (χ2v) is 3.87. The minimum atomic E-state index is -1.03. The molecule has 96 valence electrons. The quantitative estimate of drug-likeness (QED) is 0.657. The first-order chi connectivity index (χ1) is 7.97. The van der Waals surface area contributed by atoms with Crippen molar-refractivity contribution in [3.05, 3.63) is 0 Å². The summed E-state index contributed by atoms with van der Waals surface area (Å²) in [7, 11) is 1.51. The van der Waals surface area contributed by atoms with Crippen LogP contribution in [-0.4, -0.2) is 37.0 Å². The number of hydrogen-bond donors (Lipinski definition) is 0. The Bertz CT molecular complexity index is 316. The first-order valence-electron chi connectivity index (χ1n) is 5.79. The van der Waals surface area contributed by atoms with E-state index in [2.05, 4.69) is 6.07 Å². The molecule has 1 amide bonds. The molecule has 0 aromatic heterocycles. The second-order valence-electron chi connectivity index (χ2n) is 3.87. The summed E-state index contributed by atoms with van der Waals surface area (Å²) in [5, 5.41) is 9.12. The molecule has 0 heterocycles. The molecule has 5 nitrogen and oxygen atoms in total. The zero-order valence-corrected chi connectivity index (χ0v) is 10.9. The third kappa shape index (κ3) is 3.74. The molecule has 0 saturated heterocycles. The number of ether oxygens (including phenoxy) is 1. The fourth-order valence-corrected chi connectivity index (χ4v) is 1.60. The van der Waals surface area contributed by atoms with E-state index in [1.165, 1.54) is 11.9 Å². The smallest absolute Gasteiger partial charge is 0.325 e. The van der Waals surface area contributed by atoms with Gasteiger partial charge in [-0.1, -0.05) is 13.8 Å². The number of carbonyl (C=O) groups is 2. The predicted octanol–water partition coefficient (Wildman–Crippen LogP) is 1.34. The lowest BCUT2D eigenvalue weighted by molar-refractivity contribution is -0.150. The van der Waals surface area contributed by atoms with E-state index < -0.39 is 11.4 Å². The van der Waals surface area contributed by atoms with Gasteiger partial charge in [-0.3, -0.25) is 9.59 Å². The Balaban J connectivity index is 4.69. The van der Waals surface area contributed by atoms with Gasteiger partial charge in [-0.25, -0.2) is 0 Å². The highest BCUT2D eigenvalue weighted by Gasteiger charge is 2.37. The van der Waals surface area contributed by atoms with Gasteiger partial charge in [0.2, 0.25) is 5.91 Å². The summed E-state index contributed by atoms with van der Waals surface area (Å²) in [6.07, 6.45) is 0.873. The van der Waals surface area contributed by atoms with Gasteiger partial charge >= 0.3 is 5.97 Å². The van der Waals surface area contributed by atoms with E-state index in [1.807, 2.05) is 0 Å². The average molecular weight is 240 g/mol. The predicted molar refractivity (Wildman–Crippen MR) is 62.9 cm³/mol. The summed E-state index contributed by atoms with van der Waals surface area (Å²) in [6.45, 7) is 5.46. The van der Waals surface area contributed by atoms with E-state index in [9.17, 15) is 9.59 Å². The van der Waals surface area contributed by atoms with Crippen molar-refractivity contribution in [2.75, 3.05) is 20.2 Å². The zero-order chi connectivity index (χ0) is 13.5. The van der Waals surface area contributed by atoms with Crippen LogP contribution in [0.1, 0.15) is 33.6 Å². The SMILES string of the molecule is CCOC(=O)CN(C)C(=O)C(C#N)(CC)CC. The summed E-state index contributed by atoms with van der Waals surface area (Å²) >= 11 is 0. The zero-order valence-electron chi connectivity index (χ0n) is 10.9. The van der Waals surface area contributed by atoms with Gasteiger partial charge in [0.1, 0.15) is 12.0 Å². The van der Waals surface area contributed by atoms with Crippen LogP contribution in [0.4, 0.5) is 0 Å². The lowest BCUT2D eigenvalue weighted by Gasteiger charge is -2.27. The van der Waals surface area contributed by atoms with Gasteiger partial charge < -0.3 is 9.64 Å². The number of rotatable bonds is 6. The number of likely N-dealkylation sites (N-methyl/N-ethyl adjacent to an activating group) is 1. The molecule has 0 fully saturated rings. The van der Waals surface area contributed by atoms with Crippen LogP contribution in [0.25, 0.3) is 0 Å². The second kappa shape index (κ2) is 6.89. The van der Waals surface area contributed by atoms with Gasteiger partial charge in [0.25, 0.3) is 0 Å². The van der Waals surface area contributed by atoms with Crippen molar-refractivity contribution >= 4 is 11.9 Å². The van der Waals surface area contributed by atoms with Crippen LogP contribution < -0.4 is 0 Å². The largest absolute Gasteiger partial charge is 0.465 e. The van der Waals surface area contributed by atoms with Gasteiger partial charge in [-0.2, -0.15) is 5.26 Å². The van der Waals surface area contributed by atoms with Crippen molar-refractivity contribution in [1.82, 2.24) is 4.90 Å². The molecular formula is C12H20N2O3. The van der Waals surface area contributed by atoms with Crippen molar-refractivity contribution in [2.45, 2.75) is 33.6 Å². The Morgan fingerprint density at radius 1 is 1.29 bits per heavy atom. The fraction of sp³-hybridized carbons (Fsp3) is 0.750. The molecule has 0 aromatic rings. The van der Waals surface area contributed by atoms with Crippen LogP contribution in [0.2, 0.25) is 0 Å². The third-order valence-electron chi connectivity index (χ3n) is 2.85. The molecule has 0 radical (unpaired) electrons. The molecular weight excluding hydrogens is 220 g/mol. The van der Waals surface area contributed by atoms with Gasteiger partial charge in [-0.15, -0.1) is 0 Å². The van der Waals surface area contributed by atoms with E-state index in [0.717, 1.165) is 0 Å². The van der Waals surface area contributed by atoms with Gasteiger partial charge in [0.05, 0.1) is 12.7 Å². The molecule has 0 aromatic carbocycles. The van der Waals surface area contributed by atoms with E-state index in [1.54, 1.807) is 20.8 Å². The number of nitrogens with zero attached hydrogens (tertiary/aromatic N) is 2. The maximum absolute atomic E-state index is 12.1. The number of esters is 1. The van der Waals surface area contributed by atoms with Crippen LogP contribution in [0.15, 0.2) is 0 Å². The van der Waals surface area contributed by atoms with Crippen molar-refractivity contribution in [1.29, 1.82) is 5.26 Å². The molecule has 0 aliphatic rings. The van der Waals surface area contributed by atoms with E-state index >= 15 is 0 Å². The van der Waals surface area contributed by atoms with Crippen molar-refractivity contribution in [3.63, 3.8) is 0 Å². The third-order valence-corrected chi connectivity index (χ3v) is 2.85. The van der Waals surface area contributed by atoms with Gasteiger partial charge in [0, 0.05) is 7.05 Å². The summed E-state index contributed by atoms with van der Waals surface area (Å²) in [4.78, 5) is 24.6. The van der Waals surface area contributed by atoms with Crippen LogP contribution in [0, 0.1) is 16.7 Å². The van der Waals surface area contributed by atoms with Crippen molar-refractivity contribution in [3.8, 4) is 6.07 Å². The maximum atomic E-state index is 12.1. The number of nitriles is 1. The molecule has 0 N–H and O–H groups in total. The molecule has 0 aliphatic heterocycles. The lowest BCUT2D eigenvalue weighted by atomic mass is 9.82. The van der Waals surface area contributed by atoms with Crippen molar-refractivity contribution < 1.29 is 14.3 Å². The van der Waals surface area contributed by atoms with Gasteiger partial charge in [0.15, 0.2) is 0 Å². The Morgan fingerprint density at radius 2 is 1.82 bits per heavy atom. The summed E-state index contributed by atoms with van der Waals surface area (Å²) in [5.41, 5.74) is -1.03. The molecule has 0 rings (SSSR count). The highest BCUT2D eigenvalue weighted by Crippen LogP contribution is 2.27. The summed E-state index contributed by atoms with van der Waals surface area (Å²) in [5.74, 6) is -0.777. The Kier molecular flexibility index (Phi) is 6.26. The van der Waals surface area contributed by atoms with E-state index in [-0.39, 0.29) is 19.1 Å². The fourth-order valence-electron chi connectivity index (χ4n) is 1.60. The molecule has 0 saturated carbocycles. The highest BCUT2D eigenvalue weighted by atomic mass is 16.5. The minimum Gasteiger partial charge on any atom is -0.465 e. The molecule has 17 heavy (non-hydrogen) atoms. The first kappa shape index (κ1) is 15.4. The Morgan fingerprint density at radius 3 is 2.18 bits per heavy atom. The minimum absolute atomic E-state index is 0.115. The number of amides is 1. The first-order valence-corrected chi connectivity index (χ1v) is 5.79. The maximum Gasteiger partial charge on any atom is 0.325 e. The lowest BCUT2D eigenvalue weighted by Crippen LogP contribution is -2.43. The normalized spacial score (nSPS) is 10.5. The Hall–Kier alpha value is -1.57. The molecule has 0 unspecified atom stereocenters. The topological polar surface area (TPSA) is 70.4 Å². The number of hydrogen-bond acceptors (Lipinski definition) is 4. The average Bonchev–Trinajstić information content (AvgIpc) is 2.32. The summed E-state index contributed by atoms with van der Waals surface area (Å²) < 4.78 is 4.76. The Labute approximate surface area is 102 Å². The monoisotopic (exact) mass is 240 g/mol. The van der Waals surface area contributed by atoms with Crippen LogP contribution >= 0.6 is 0 Å². The number of carbonyl (C=O) groups excluding carboxylic acids is 2. The van der Waals surface area contributed by atoms with Crippen molar-refractivity contribution in [2.24, 2.45) is 5.41 Å². The van der Waals surface area contributed by atoms with E-state index in [4.69, 9.17) is 10.00 Å². The van der Waals surface area contributed by atoms with E-state index in [0.29, 0.717) is 12.8 Å². The van der Waals surface area contributed by atoms with Crippen LogP contribution in [-0.2, 0) is 14.3 Å². The highest BCUT2D eigenvalue weighted by molar-refractivity contribution is 5.88. The molecule has 0 atom stereocenters. The molecule has 0 spiro atoms. The van der Waals surface area contributed by atoms with Crippen LogP contribution in [0.5, 0.6) is 0 Å².